The van der Waals surface area contributed by atoms with Crippen LogP contribution in [0.15, 0.2) is 24.3 Å². The van der Waals surface area contributed by atoms with Crippen molar-refractivity contribution in [3.8, 4) is 0 Å². The summed E-state index contributed by atoms with van der Waals surface area (Å²) in [7, 11) is 2.22. The molecule has 3 nitrogen and oxygen atoms in total. The van der Waals surface area contributed by atoms with Gasteiger partial charge < -0.3 is 10.2 Å². The van der Waals surface area contributed by atoms with Crippen LogP contribution in [-0.2, 0) is 0 Å². The molecule has 0 spiro atoms. The van der Waals surface area contributed by atoms with Crippen LogP contribution >= 0.6 is 0 Å². The van der Waals surface area contributed by atoms with Crippen LogP contribution in [0, 0.1) is 6.92 Å². The maximum Gasteiger partial charge on any atom is 0.0449 e. The molecule has 118 valence electrons. The molecule has 2 rings (SSSR count). The van der Waals surface area contributed by atoms with Gasteiger partial charge in [0, 0.05) is 38.3 Å². The molecule has 21 heavy (non-hydrogen) atoms. The molecule has 0 aliphatic carbocycles. The molecule has 3 heteroatoms. The Morgan fingerprint density at radius 1 is 1.24 bits per heavy atom. The third-order valence-corrected chi connectivity index (χ3v) is 4.51. The van der Waals surface area contributed by atoms with E-state index in [9.17, 15) is 0 Å². The fourth-order valence-electron chi connectivity index (χ4n) is 3.09. The molecule has 0 amide bonds. The van der Waals surface area contributed by atoms with Crippen LogP contribution in [0.1, 0.15) is 37.4 Å². The lowest BCUT2D eigenvalue weighted by molar-refractivity contribution is 0.0904. The highest BCUT2D eigenvalue weighted by Gasteiger charge is 2.24. The van der Waals surface area contributed by atoms with E-state index in [4.69, 9.17) is 0 Å². The van der Waals surface area contributed by atoms with E-state index in [2.05, 4.69) is 67.2 Å². The third kappa shape index (κ3) is 4.80. The van der Waals surface area contributed by atoms with Gasteiger partial charge in [-0.25, -0.2) is 0 Å². The zero-order valence-electron chi connectivity index (χ0n) is 14.1. The molecule has 1 N–H and O–H groups in total. The quantitative estimate of drug-likeness (QED) is 0.868. The van der Waals surface area contributed by atoms with E-state index < -0.39 is 0 Å². The molecule has 0 saturated carbocycles. The zero-order chi connectivity index (χ0) is 15.2. The van der Waals surface area contributed by atoms with E-state index in [0.29, 0.717) is 12.1 Å². The molecule has 1 aliphatic rings. The summed E-state index contributed by atoms with van der Waals surface area (Å²) in [5.41, 5.74) is 2.75. The fraction of sp³-hybridized carbons (Fsp3) is 0.667. The van der Waals surface area contributed by atoms with Gasteiger partial charge in [0.25, 0.3) is 0 Å². The summed E-state index contributed by atoms with van der Waals surface area (Å²) in [5, 5.41) is 3.73. The van der Waals surface area contributed by atoms with Gasteiger partial charge in [-0.1, -0.05) is 36.8 Å². The number of hydrogen-bond donors (Lipinski definition) is 1. The van der Waals surface area contributed by atoms with E-state index in [1.165, 1.54) is 37.2 Å². The highest BCUT2D eigenvalue weighted by Crippen LogP contribution is 2.18. The van der Waals surface area contributed by atoms with Crippen molar-refractivity contribution in [2.24, 2.45) is 0 Å². The molecule has 1 aromatic carbocycles. The third-order valence-electron chi connectivity index (χ3n) is 4.51. The van der Waals surface area contributed by atoms with E-state index in [0.717, 1.165) is 13.1 Å². The molecule has 1 aliphatic heterocycles. The van der Waals surface area contributed by atoms with E-state index >= 15 is 0 Å². The van der Waals surface area contributed by atoms with Gasteiger partial charge in [-0.15, -0.1) is 0 Å². The Bertz CT molecular complexity index is 415. The van der Waals surface area contributed by atoms with Gasteiger partial charge in [-0.2, -0.15) is 0 Å². The predicted octanol–water partition coefficient (Wildman–Crippen LogP) is 2.67. The molecule has 2 atom stereocenters. The van der Waals surface area contributed by atoms with Gasteiger partial charge in [-0.3, -0.25) is 4.90 Å². The monoisotopic (exact) mass is 289 g/mol. The lowest BCUT2D eigenvalue weighted by atomic mass is 10.0. The smallest absolute Gasteiger partial charge is 0.0449 e. The predicted molar refractivity (Wildman–Crippen MR) is 90.7 cm³/mol. The minimum Gasteiger partial charge on any atom is -0.309 e. The highest BCUT2D eigenvalue weighted by molar-refractivity contribution is 5.24. The van der Waals surface area contributed by atoms with Gasteiger partial charge in [0.15, 0.2) is 0 Å². The summed E-state index contributed by atoms with van der Waals surface area (Å²) >= 11 is 0. The number of piperazine rings is 1. The van der Waals surface area contributed by atoms with Gasteiger partial charge in [-0.05, 0) is 39.4 Å². The summed E-state index contributed by atoms with van der Waals surface area (Å²) < 4.78 is 0. The first kappa shape index (κ1) is 16.5. The Hall–Kier alpha value is -0.900. The van der Waals surface area contributed by atoms with Crippen LogP contribution in [0.5, 0.6) is 0 Å². The molecule has 1 fully saturated rings. The summed E-state index contributed by atoms with van der Waals surface area (Å²) in [5.74, 6) is 0. The first-order valence-electron chi connectivity index (χ1n) is 8.32. The van der Waals surface area contributed by atoms with Crippen molar-refractivity contribution in [1.82, 2.24) is 15.1 Å². The summed E-state index contributed by atoms with van der Waals surface area (Å²) in [6.45, 7) is 12.5. The van der Waals surface area contributed by atoms with Crippen LogP contribution in [-0.4, -0.2) is 55.6 Å². The van der Waals surface area contributed by atoms with E-state index in [-0.39, 0.29) is 0 Å². The molecule has 1 saturated heterocycles. The molecular weight excluding hydrogens is 258 g/mol. The minimum atomic E-state index is 0.441. The summed E-state index contributed by atoms with van der Waals surface area (Å²) in [4.78, 5) is 5.06. The second-order valence-electron chi connectivity index (χ2n) is 6.52. The van der Waals surface area contributed by atoms with Crippen molar-refractivity contribution < 1.29 is 0 Å². The Kier molecular flexibility index (Phi) is 6.22. The molecule has 0 bridgehead atoms. The van der Waals surface area contributed by atoms with Gasteiger partial charge in [0.2, 0.25) is 0 Å². The molecule has 1 heterocycles. The normalized spacial score (nSPS) is 22.4. The number of hydrogen-bond acceptors (Lipinski definition) is 3. The molecular formula is C18H31N3. The number of aryl methyl sites for hydroxylation is 1. The summed E-state index contributed by atoms with van der Waals surface area (Å²) in [6.07, 6.45) is 1.18. The molecule has 0 radical (unpaired) electrons. The Morgan fingerprint density at radius 3 is 2.57 bits per heavy atom. The lowest BCUT2D eigenvalue weighted by Gasteiger charge is -2.40. The highest BCUT2D eigenvalue weighted by atomic mass is 15.3. The van der Waals surface area contributed by atoms with Crippen LogP contribution in [0.4, 0.5) is 0 Å². The Morgan fingerprint density at radius 2 is 1.95 bits per heavy atom. The summed E-state index contributed by atoms with van der Waals surface area (Å²) in [6, 6.07) is 10.1. The Labute approximate surface area is 130 Å². The van der Waals surface area contributed by atoms with Crippen molar-refractivity contribution in [3.05, 3.63) is 35.4 Å². The fourth-order valence-corrected chi connectivity index (χ4v) is 3.09. The number of nitrogens with zero attached hydrogens (tertiary/aromatic N) is 2. The maximum atomic E-state index is 3.73. The van der Waals surface area contributed by atoms with Gasteiger partial charge >= 0.3 is 0 Å². The average molecular weight is 289 g/mol. The minimum absolute atomic E-state index is 0.441. The second kappa shape index (κ2) is 7.92. The molecule has 0 aromatic heterocycles. The number of likely N-dealkylation sites (N-methyl/N-ethyl adjacent to an activating group) is 1. The first-order chi connectivity index (χ1) is 10.1. The van der Waals surface area contributed by atoms with Crippen molar-refractivity contribution in [2.75, 3.05) is 39.8 Å². The topological polar surface area (TPSA) is 18.5 Å². The SMILES string of the molecule is CCCNC(CN1CCN(C)CC1C)c1ccc(C)cc1. The largest absolute Gasteiger partial charge is 0.309 e. The van der Waals surface area contributed by atoms with Gasteiger partial charge in [0.05, 0.1) is 0 Å². The van der Waals surface area contributed by atoms with Crippen molar-refractivity contribution in [1.29, 1.82) is 0 Å². The lowest BCUT2D eigenvalue weighted by Crippen LogP contribution is -2.52. The number of rotatable bonds is 6. The van der Waals surface area contributed by atoms with Crippen molar-refractivity contribution in [2.45, 2.75) is 39.3 Å². The number of nitrogens with one attached hydrogen (secondary N) is 1. The average Bonchev–Trinajstić information content (AvgIpc) is 2.46. The van der Waals surface area contributed by atoms with Gasteiger partial charge in [0.1, 0.15) is 0 Å². The maximum absolute atomic E-state index is 3.73. The van der Waals surface area contributed by atoms with Crippen LogP contribution in [0.2, 0.25) is 0 Å². The van der Waals surface area contributed by atoms with E-state index in [1.807, 2.05) is 0 Å². The zero-order valence-corrected chi connectivity index (χ0v) is 14.1. The Balaban J connectivity index is 2.03. The van der Waals surface area contributed by atoms with Crippen LogP contribution in [0.3, 0.4) is 0 Å². The van der Waals surface area contributed by atoms with E-state index in [1.54, 1.807) is 0 Å². The number of benzene rings is 1. The molecule has 1 aromatic rings. The van der Waals surface area contributed by atoms with Crippen LogP contribution in [0.25, 0.3) is 0 Å². The first-order valence-corrected chi connectivity index (χ1v) is 8.32. The second-order valence-corrected chi connectivity index (χ2v) is 6.52. The molecule has 2 unspecified atom stereocenters. The standard InChI is InChI=1S/C18H31N3/c1-5-10-19-18(17-8-6-15(2)7-9-17)14-21-12-11-20(4)13-16(21)3/h6-9,16,18-19H,5,10-14H2,1-4H3. The van der Waals surface area contributed by atoms with Crippen molar-refractivity contribution in [3.63, 3.8) is 0 Å². The van der Waals surface area contributed by atoms with Crippen LogP contribution < -0.4 is 5.32 Å². The van der Waals surface area contributed by atoms with Crippen molar-refractivity contribution >= 4 is 0 Å².